The zero-order chi connectivity index (χ0) is 13.2. The van der Waals surface area contributed by atoms with Gasteiger partial charge in [0.15, 0.2) is 0 Å². The van der Waals surface area contributed by atoms with Crippen molar-refractivity contribution in [2.75, 3.05) is 12.8 Å². The monoisotopic (exact) mass is 265 g/mol. The minimum atomic E-state index is 0.530. The van der Waals surface area contributed by atoms with E-state index in [0.717, 1.165) is 6.54 Å². The molecule has 102 valence electrons. The molecule has 0 aliphatic heterocycles. The van der Waals surface area contributed by atoms with Gasteiger partial charge in [-0.2, -0.15) is 0 Å². The molecule has 0 saturated heterocycles. The molecule has 0 saturated carbocycles. The average Bonchev–Trinajstić information content (AvgIpc) is 2.42. The van der Waals surface area contributed by atoms with Gasteiger partial charge in [0.1, 0.15) is 0 Å². The lowest BCUT2D eigenvalue weighted by atomic mass is 10.00. The third-order valence-electron chi connectivity index (χ3n) is 3.32. The molecule has 1 rings (SSSR count). The van der Waals surface area contributed by atoms with Crippen molar-refractivity contribution in [1.82, 2.24) is 5.32 Å². The SMILES string of the molecule is CCCCCCC(NCC)c1ccc(SC)cc1. The first kappa shape index (κ1) is 15.6. The van der Waals surface area contributed by atoms with E-state index in [4.69, 9.17) is 0 Å². The van der Waals surface area contributed by atoms with E-state index in [-0.39, 0.29) is 0 Å². The Morgan fingerprint density at radius 2 is 1.78 bits per heavy atom. The van der Waals surface area contributed by atoms with Crippen LogP contribution in [0.25, 0.3) is 0 Å². The molecule has 0 aliphatic rings. The molecule has 0 aromatic heterocycles. The predicted molar refractivity (Wildman–Crippen MR) is 83.4 cm³/mol. The normalized spacial score (nSPS) is 12.6. The molecule has 0 amide bonds. The molecule has 2 heteroatoms. The molecule has 1 atom stereocenters. The zero-order valence-electron chi connectivity index (χ0n) is 12.0. The predicted octanol–water partition coefficient (Wildman–Crippen LogP) is 5.03. The van der Waals surface area contributed by atoms with Crippen LogP contribution in [-0.2, 0) is 0 Å². The van der Waals surface area contributed by atoms with E-state index in [1.54, 1.807) is 11.8 Å². The maximum atomic E-state index is 3.61. The Balaban J connectivity index is 2.53. The Labute approximate surface area is 117 Å². The highest BCUT2D eigenvalue weighted by Gasteiger charge is 2.09. The highest BCUT2D eigenvalue weighted by molar-refractivity contribution is 7.98. The summed E-state index contributed by atoms with van der Waals surface area (Å²) in [6.07, 6.45) is 8.75. The van der Waals surface area contributed by atoms with Gasteiger partial charge in [-0.3, -0.25) is 0 Å². The second-order valence-electron chi connectivity index (χ2n) is 4.73. The molecule has 18 heavy (non-hydrogen) atoms. The first-order chi connectivity index (χ1) is 8.81. The molecule has 0 aliphatic carbocycles. The van der Waals surface area contributed by atoms with Crippen LogP contribution < -0.4 is 5.32 Å². The van der Waals surface area contributed by atoms with Crippen LogP contribution in [0.5, 0.6) is 0 Å². The van der Waals surface area contributed by atoms with Gasteiger partial charge < -0.3 is 5.32 Å². The lowest BCUT2D eigenvalue weighted by Gasteiger charge is -2.18. The van der Waals surface area contributed by atoms with Crippen molar-refractivity contribution < 1.29 is 0 Å². The molecule has 0 heterocycles. The van der Waals surface area contributed by atoms with Crippen molar-refractivity contribution in [2.45, 2.75) is 56.9 Å². The van der Waals surface area contributed by atoms with Gasteiger partial charge in [-0.05, 0) is 36.9 Å². The number of rotatable bonds is 9. The molecule has 0 radical (unpaired) electrons. The fraction of sp³-hybridized carbons (Fsp3) is 0.625. The van der Waals surface area contributed by atoms with E-state index >= 15 is 0 Å². The van der Waals surface area contributed by atoms with E-state index in [2.05, 4.69) is 49.7 Å². The van der Waals surface area contributed by atoms with Gasteiger partial charge in [-0.15, -0.1) is 11.8 Å². The van der Waals surface area contributed by atoms with Crippen LogP contribution in [0.4, 0.5) is 0 Å². The number of hydrogen-bond acceptors (Lipinski definition) is 2. The summed E-state index contributed by atoms with van der Waals surface area (Å²) >= 11 is 1.81. The van der Waals surface area contributed by atoms with Crippen LogP contribution in [0.15, 0.2) is 29.2 Å². The summed E-state index contributed by atoms with van der Waals surface area (Å²) in [6, 6.07) is 9.55. The smallest absolute Gasteiger partial charge is 0.0320 e. The second kappa shape index (κ2) is 9.46. The molecular weight excluding hydrogens is 238 g/mol. The molecule has 1 unspecified atom stereocenters. The Morgan fingerprint density at radius 1 is 1.06 bits per heavy atom. The van der Waals surface area contributed by atoms with Crippen molar-refractivity contribution in [2.24, 2.45) is 0 Å². The lowest BCUT2D eigenvalue weighted by Crippen LogP contribution is -2.20. The van der Waals surface area contributed by atoms with Gasteiger partial charge in [-0.1, -0.05) is 51.7 Å². The Kier molecular flexibility index (Phi) is 8.19. The first-order valence-corrected chi connectivity index (χ1v) is 8.41. The molecular formula is C16H27NS. The number of nitrogens with one attached hydrogen (secondary N) is 1. The fourth-order valence-electron chi connectivity index (χ4n) is 2.24. The van der Waals surface area contributed by atoms with Gasteiger partial charge in [0.2, 0.25) is 0 Å². The first-order valence-electron chi connectivity index (χ1n) is 7.19. The summed E-state index contributed by atoms with van der Waals surface area (Å²) in [7, 11) is 0. The minimum absolute atomic E-state index is 0.530. The fourth-order valence-corrected chi connectivity index (χ4v) is 2.65. The maximum absolute atomic E-state index is 3.61. The molecule has 1 N–H and O–H groups in total. The van der Waals surface area contributed by atoms with Crippen LogP contribution in [0.3, 0.4) is 0 Å². The summed E-state index contributed by atoms with van der Waals surface area (Å²) in [6.45, 7) is 5.50. The van der Waals surface area contributed by atoms with Crippen molar-refractivity contribution in [3.8, 4) is 0 Å². The van der Waals surface area contributed by atoms with Crippen molar-refractivity contribution in [3.05, 3.63) is 29.8 Å². The molecule has 1 aromatic rings. The highest BCUT2D eigenvalue weighted by Crippen LogP contribution is 2.23. The van der Waals surface area contributed by atoms with E-state index < -0.39 is 0 Å². The molecule has 1 nitrogen and oxygen atoms in total. The summed E-state index contributed by atoms with van der Waals surface area (Å²) in [4.78, 5) is 1.35. The van der Waals surface area contributed by atoms with Crippen LogP contribution >= 0.6 is 11.8 Å². The maximum Gasteiger partial charge on any atom is 0.0320 e. The van der Waals surface area contributed by atoms with Gasteiger partial charge in [0, 0.05) is 10.9 Å². The number of hydrogen-bond donors (Lipinski definition) is 1. The Bertz CT molecular complexity index is 307. The summed E-state index contributed by atoms with van der Waals surface area (Å²) in [5, 5.41) is 3.61. The number of benzene rings is 1. The van der Waals surface area contributed by atoms with Gasteiger partial charge in [0.25, 0.3) is 0 Å². The third kappa shape index (κ3) is 5.45. The number of unbranched alkanes of at least 4 members (excludes halogenated alkanes) is 3. The minimum Gasteiger partial charge on any atom is -0.310 e. The van der Waals surface area contributed by atoms with E-state index in [1.165, 1.54) is 42.6 Å². The topological polar surface area (TPSA) is 12.0 Å². The van der Waals surface area contributed by atoms with Crippen LogP contribution in [0.2, 0.25) is 0 Å². The van der Waals surface area contributed by atoms with Crippen LogP contribution in [-0.4, -0.2) is 12.8 Å². The standard InChI is InChI=1S/C16H27NS/c1-4-6-7-8-9-16(17-5-2)14-10-12-15(18-3)13-11-14/h10-13,16-17H,4-9H2,1-3H3. The summed E-state index contributed by atoms with van der Waals surface area (Å²) < 4.78 is 0. The van der Waals surface area contributed by atoms with Crippen molar-refractivity contribution >= 4 is 11.8 Å². The lowest BCUT2D eigenvalue weighted by molar-refractivity contribution is 0.481. The zero-order valence-corrected chi connectivity index (χ0v) is 12.9. The molecule has 1 aromatic carbocycles. The van der Waals surface area contributed by atoms with Gasteiger partial charge in [0.05, 0.1) is 0 Å². The largest absolute Gasteiger partial charge is 0.310 e. The second-order valence-corrected chi connectivity index (χ2v) is 5.61. The third-order valence-corrected chi connectivity index (χ3v) is 4.06. The average molecular weight is 265 g/mol. The van der Waals surface area contributed by atoms with Crippen molar-refractivity contribution in [3.63, 3.8) is 0 Å². The quantitative estimate of drug-likeness (QED) is 0.496. The Morgan fingerprint density at radius 3 is 2.33 bits per heavy atom. The van der Waals surface area contributed by atoms with E-state index in [9.17, 15) is 0 Å². The molecule has 0 spiro atoms. The Hall–Kier alpha value is -0.470. The van der Waals surface area contributed by atoms with Crippen LogP contribution in [0, 0.1) is 0 Å². The highest BCUT2D eigenvalue weighted by atomic mass is 32.2. The number of thioether (sulfide) groups is 1. The summed E-state index contributed by atoms with van der Waals surface area (Å²) in [5.41, 5.74) is 1.44. The van der Waals surface area contributed by atoms with Gasteiger partial charge >= 0.3 is 0 Å². The molecule has 0 fully saturated rings. The summed E-state index contributed by atoms with van der Waals surface area (Å²) in [5.74, 6) is 0. The van der Waals surface area contributed by atoms with E-state index in [1.807, 2.05) is 0 Å². The van der Waals surface area contributed by atoms with Gasteiger partial charge in [-0.25, -0.2) is 0 Å². The van der Waals surface area contributed by atoms with E-state index in [0.29, 0.717) is 6.04 Å². The van der Waals surface area contributed by atoms with Crippen molar-refractivity contribution in [1.29, 1.82) is 0 Å². The van der Waals surface area contributed by atoms with Crippen LogP contribution in [0.1, 0.15) is 57.6 Å². The molecule has 0 bridgehead atoms.